The van der Waals surface area contributed by atoms with Crippen LogP contribution in [-0.4, -0.2) is 24.1 Å². The van der Waals surface area contributed by atoms with Crippen LogP contribution in [0.15, 0.2) is 24.5 Å². The van der Waals surface area contributed by atoms with Crippen molar-refractivity contribution in [2.45, 2.75) is 13.0 Å². The molecule has 1 aromatic heterocycles. The summed E-state index contributed by atoms with van der Waals surface area (Å²) in [5.41, 5.74) is 7.18. The lowest BCUT2D eigenvalue weighted by Gasteiger charge is -2.17. The minimum Gasteiger partial charge on any atom is -0.370 e. The molecule has 2 atom stereocenters. The summed E-state index contributed by atoms with van der Waals surface area (Å²) >= 11 is 0. The fourth-order valence-electron chi connectivity index (χ4n) is 1.76. The topological polar surface area (TPSA) is 42.2 Å². The van der Waals surface area contributed by atoms with E-state index in [-0.39, 0.29) is 0 Å². The molecule has 0 aromatic carbocycles. The first-order chi connectivity index (χ1) is 6.27. The second-order valence-electron chi connectivity index (χ2n) is 3.75. The van der Waals surface area contributed by atoms with Crippen LogP contribution in [0.1, 0.15) is 6.92 Å². The zero-order valence-corrected chi connectivity index (χ0v) is 7.85. The lowest BCUT2D eigenvalue weighted by atomic mass is 10.1. The third-order valence-electron chi connectivity index (χ3n) is 2.70. The van der Waals surface area contributed by atoms with Crippen LogP contribution in [0.5, 0.6) is 0 Å². The Morgan fingerprint density at radius 2 is 2.08 bits per heavy atom. The van der Waals surface area contributed by atoms with Gasteiger partial charge in [0, 0.05) is 37.2 Å². The Hall–Kier alpha value is -1.09. The van der Waals surface area contributed by atoms with Gasteiger partial charge >= 0.3 is 0 Å². The summed E-state index contributed by atoms with van der Waals surface area (Å²) in [4.78, 5) is 6.31. The van der Waals surface area contributed by atoms with Crippen molar-refractivity contribution in [3.63, 3.8) is 0 Å². The van der Waals surface area contributed by atoms with E-state index in [0.29, 0.717) is 12.0 Å². The quantitative estimate of drug-likeness (QED) is 0.692. The summed E-state index contributed by atoms with van der Waals surface area (Å²) in [6.07, 6.45) is 3.65. The van der Waals surface area contributed by atoms with Gasteiger partial charge < -0.3 is 10.6 Å². The first-order valence-electron chi connectivity index (χ1n) is 4.68. The molecule has 2 rings (SSSR count). The molecule has 1 fully saturated rings. The highest BCUT2D eigenvalue weighted by Gasteiger charge is 2.26. The van der Waals surface area contributed by atoms with E-state index in [1.165, 1.54) is 5.69 Å². The van der Waals surface area contributed by atoms with Crippen molar-refractivity contribution in [3.05, 3.63) is 24.5 Å². The molecule has 1 aliphatic rings. The third-order valence-corrected chi connectivity index (χ3v) is 2.70. The van der Waals surface area contributed by atoms with Crippen molar-refractivity contribution in [1.29, 1.82) is 0 Å². The third kappa shape index (κ3) is 1.65. The summed E-state index contributed by atoms with van der Waals surface area (Å²) in [6.45, 7) is 4.22. The van der Waals surface area contributed by atoms with Crippen LogP contribution in [-0.2, 0) is 0 Å². The number of anilines is 1. The Kier molecular flexibility index (Phi) is 2.19. The monoisotopic (exact) mass is 177 g/mol. The fraction of sp³-hybridized carbons (Fsp3) is 0.500. The molecule has 1 aliphatic heterocycles. The van der Waals surface area contributed by atoms with Gasteiger partial charge in [0.05, 0.1) is 0 Å². The molecular formula is C10H15N3. The van der Waals surface area contributed by atoms with E-state index in [1.54, 1.807) is 0 Å². The molecule has 0 radical (unpaired) electrons. The van der Waals surface area contributed by atoms with Crippen molar-refractivity contribution in [2.75, 3.05) is 18.0 Å². The van der Waals surface area contributed by atoms with E-state index in [0.717, 1.165) is 13.1 Å². The van der Waals surface area contributed by atoms with Crippen LogP contribution in [0, 0.1) is 5.92 Å². The molecule has 0 spiro atoms. The predicted octanol–water partition coefficient (Wildman–Crippen LogP) is 0.865. The molecule has 2 unspecified atom stereocenters. The first-order valence-corrected chi connectivity index (χ1v) is 4.68. The molecule has 2 N–H and O–H groups in total. The maximum Gasteiger partial charge on any atom is 0.0397 e. The van der Waals surface area contributed by atoms with E-state index in [1.807, 2.05) is 24.5 Å². The molecule has 0 amide bonds. The van der Waals surface area contributed by atoms with Gasteiger partial charge in [0.25, 0.3) is 0 Å². The lowest BCUT2D eigenvalue weighted by molar-refractivity contribution is 0.566. The maximum absolute atomic E-state index is 5.95. The van der Waals surface area contributed by atoms with Crippen LogP contribution < -0.4 is 10.6 Å². The number of hydrogen-bond acceptors (Lipinski definition) is 3. The van der Waals surface area contributed by atoms with Crippen molar-refractivity contribution in [3.8, 4) is 0 Å². The highest BCUT2D eigenvalue weighted by atomic mass is 15.2. The maximum atomic E-state index is 5.95. The average molecular weight is 177 g/mol. The molecule has 1 aromatic rings. The van der Waals surface area contributed by atoms with Gasteiger partial charge in [-0.1, -0.05) is 6.92 Å². The fourth-order valence-corrected chi connectivity index (χ4v) is 1.76. The van der Waals surface area contributed by atoms with Gasteiger partial charge in [0.15, 0.2) is 0 Å². The van der Waals surface area contributed by atoms with Crippen molar-refractivity contribution in [2.24, 2.45) is 11.7 Å². The van der Waals surface area contributed by atoms with Crippen molar-refractivity contribution in [1.82, 2.24) is 4.98 Å². The van der Waals surface area contributed by atoms with Gasteiger partial charge in [-0.2, -0.15) is 0 Å². The van der Waals surface area contributed by atoms with E-state index in [2.05, 4.69) is 16.8 Å². The SMILES string of the molecule is CC1CN(c2ccncc2)CC1N. The van der Waals surface area contributed by atoms with Gasteiger partial charge in [-0.3, -0.25) is 4.98 Å². The lowest BCUT2D eigenvalue weighted by Crippen LogP contribution is -2.28. The summed E-state index contributed by atoms with van der Waals surface area (Å²) < 4.78 is 0. The van der Waals surface area contributed by atoms with Crippen molar-refractivity contribution < 1.29 is 0 Å². The summed E-state index contributed by atoms with van der Waals surface area (Å²) in [7, 11) is 0. The van der Waals surface area contributed by atoms with Gasteiger partial charge in [-0.05, 0) is 18.1 Å². The summed E-state index contributed by atoms with van der Waals surface area (Å²) in [6, 6.07) is 4.38. The molecule has 0 aliphatic carbocycles. The number of aromatic nitrogens is 1. The van der Waals surface area contributed by atoms with Crippen LogP contribution in [0.4, 0.5) is 5.69 Å². The molecule has 2 heterocycles. The molecule has 0 saturated carbocycles. The Morgan fingerprint density at radius 3 is 2.62 bits per heavy atom. The highest BCUT2D eigenvalue weighted by molar-refractivity contribution is 5.46. The number of nitrogens with two attached hydrogens (primary N) is 1. The number of hydrogen-bond donors (Lipinski definition) is 1. The van der Waals surface area contributed by atoms with E-state index in [4.69, 9.17) is 5.73 Å². The largest absolute Gasteiger partial charge is 0.370 e. The second kappa shape index (κ2) is 3.34. The van der Waals surface area contributed by atoms with Gasteiger partial charge in [-0.25, -0.2) is 0 Å². The highest BCUT2D eigenvalue weighted by Crippen LogP contribution is 2.21. The van der Waals surface area contributed by atoms with Crippen LogP contribution in [0.25, 0.3) is 0 Å². The van der Waals surface area contributed by atoms with Crippen molar-refractivity contribution >= 4 is 5.69 Å². The summed E-state index contributed by atoms with van der Waals surface area (Å²) in [5, 5.41) is 0. The van der Waals surface area contributed by atoms with E-state index < -0.39 is 0 Å². The Morgan fingerprint density at radius 1 is 1.38 bits per heavy atom. The minimum absolute atomic E-state index is 0.313. The molecule has 13 heavy (non-hydrogen) atoms. The van der Waals surface area contributed by atoms with Crippen LogP contribution >= 0.6 is 0 Å². The predicted molar refractivity (Wildman–Crippen MR) is 53.6 cm³/mol. The normalized spacial score (nSPS) is 28.0. The standard InChI is InChI=1S/C10H15N3/c1-8-6-13(7-10(8)11)9-2-4-12-5-3-9/h2-5,8,10H,6-7,11H2,1H3. The number of pyridine rings is 1. The van der Waals surface area contributed by atoms with Crippen LogP contribution in [0.2, 0.25) is 0 Å². The van der Waals surface area contributed by atoms with Gasteiger partial charge in [0.2, 0.25) is 0 Å². The second-order valence-corrected chi connectivity index (χ2v) is 3.75. The average Bonchev–Trinajstić information content (AvgIpc) is 2.49. The molecule has 3 nitrogen and oxygen atoms in total. The van der Waals surface area contributed by atoms with Crippen LogP contribution in [0.3, 0.4) is 0 Å². The smallest absolute Gasteiger partial charge is 0.0397 e. The minimum atomic E-state index is 0.313. The summed E-state index contributed by atoms with van der Waals surface area (Å²) in [5.74, 6) is 0.591. The zero-order chi connectivity index (χ0) is 9.26. The van der Waals surface area contributed by atoms with Gasteiger partial charge in [-0.15, -0.1) is 0 Å². The number of rotatable bonds is 1. The van der Waals surface area contributed by atoms with Gasteiger partial charge in [0.1, 0.15) is 0 Å². The number of nitrogens with zero attached hydrogens (tertiary/aromatic N) is 2. The van der Waals surface area contributed by atoms with E-state index >= 15 is 0 Å². The molecule has 0 bridgehead atoms. The zero-order valence-electron chi connectivity index (χ0n) is 7.85. The Labute approximate surface area is 78.6 Å². The Balaban J connectivity index is 2.12. The molecule has 1 saturated heterocycles. The van der Waals surface area contributed by atoms with E-state index in [9.17, 15) is 0 Å². The molecule has 70 valence electrons. The molecular weight excluding hydrogens is 162 g/mol. The Bertz CT molecular complexity index is 263. The first kappa shape index (κ1) is 8.51. The molecule has 3 heteroatoms.